The number of unbranched alkanes of at least 4 members (excludes halogenated alkanes) is 15. The maximum Gasteiger partial charge on any atom is 0.699 e. The Labute approximate surface area is 190 Å². The van der Waals surface area contributed by atoms with Crippen molar-refractivity contribution in [1.29, 1.82) is 0 Å². The van der Waals surface area contributed by atoms with Gasteiger partial charge in [-0.3, -0.25) is 30.3 Å². The molecule has 0 saturated carbocycles. The topological polar surface area (TPSA) is 146 Å². The average molecular weight is 458 g/mol. The predicted octanol–water partition coefficient (Wildman–Crippen LogP) is 6.25. The van der Waals surface area contributed by atoms with Gasteiger partial charge in [0.15, 0.2) is 21.2 Å². The number of carbonyl (C=O) groups is 1. The molecule has 0 amide bonds. The van der Waals surface area contributed by atoms with Gasteiger partial charge in [0.25, 0.3) is 0 Å². The summed E-state index contributed by atoms with van der Waals surface area (Å²) in [4.78, 5) is 38.5. The molecule has 0 atom stereocenters. The van der Waals surface area contributed by atoms with E-state index >= 15 is 0 Å². The molecule has 0 rings (SSSR count). The highest BCUT2D eigenvalue weighted by atomic mass is 16.7. The fraction of sp³-hybridized carbons (Fsp3) is 0.864. The van der Waals surface area contributed by atoms with Crippen molar-refractivity contribution in [1.82, 2.24) is 0 Å². The normalized spacial score (nSPS) is 11.6. The summed E-state index contributed by atoms with van der Waals surface area (Å²) in [5.41, 5.74) is 0. The Kier molecular flexibility index (Phi) is 17.9. The van der Waals surface area contributed by atoms with Crippen molar-refractivity contribution in [3.63, 3.8) is 0 Å². The Morgan fingerprint density at radius 3 is 1.16 bits per heavy atom. The summed E-state index contributed by atoms with van der Waals surface area (Å²) >= 11 is 0. The minimum absolute atomic E-state index is 0.0823. The highest BCUT2D eigenvalue weighted by Gasteiger charge is 2.69. The van der Waals surface area contributed by atoms with Gasteiger partial charge in [-0.05, 0) is 38.5 Å². The zero-order valence-electron chi connectivity index (χ0n) is 19.2. The van der Waals surface area contributed by atoms with Gasteiger partial charge in [0.05, 0.1) is 0 Å². The number of rotatable bonds is 23. The second-order valence-corrected chi connectivity index (χ2v) is 8.25. The van der Waals surface area contributed by atoms with Crippen LogP contribution in [-0.2, 0) is 4.79 Å². The predicted molar refractivity (Wildman–Crippen MR) is 122 cm³/mol. The van der Waals surface area contributed by atoms with Gasteiger partial charge in [-0.15, -0.1) is 0 Å². The molecular formula is C22H39N3O7. The first-order valence-electron chi connectivity index (χ1n) is 11.9. The Bertz CT molecular complexity index is 546. The molecule has 0 radical (unpaired) electrons. The van der Waals surface area contributed by atoms with Crippen LogP contribution in [0.1, 0.15) is 116 Å². The maximum absolute atomic E-state index is 10.8. The first-order valence-corrected chi connectivity index (χ1v) is 11.9. The van der Waals surface area contributed by atoms with E-state index in [-0.39, 0.29) is 6.42 Å². The highest BCUT2D eigenvalue weighted by molar-refractivity contribution is 5.48. The number of hydrogen-bond acceptors (Lipinski definition) is 7. The molecule has 0 N–H and O–H groups in total. The van der Waals surface area contributed by atoms with E-state index in [2.05, 4.69) is 12.2 Å². The molecule has 0 aromatic carbocycles. The molecule has 0 aromatic heterocycles. The van der Waals surface area contributed by atoms with Crippen LogP contribution < -0.4 is 0 Å². The van der Waals surface area contributed by atoms with Gasteiger partial charge < -0.3 is 4.79 Å². The van der Waals surface area contributed by atoms with Crippen LogP contribution in [0.3, 0.4) is 0 Å². The van der Waals surface area contributed by atoms with Crippen LogP contribution in [0, 0.1) is 30.3 Å². The van der Waals surface area contributed by atoms with Gasteiger partial charge in [-0.2, -0.15) is 0 Å². The molecular weight excluding hydrogens is 418 g/mol. The smallest absolute Gasteiger partial charge is 0.303 e. The Balaban J connectivity index is 3.56. The van der Waals surface area contributed by atoms with E-state index in [9.17, 15) is 35.1 Å². The van der Waals surface area contributed by atoms with Crippen LogP contribution in [0.15, 0.2) is 12.2 Å². The molecule has 10 nitrogen and oxygen atoms in total. The van der Waals surface area contributed by atoms with E-state index in [1.165, 1.54) is 44.9 Å². The molecule has 0 aromatic rings. The molecule has 0 heterocycles. The van der Waals surface area contributed by atoms with E-state index in [1.54, 1.807) is 0 Å². The van der Waals surface area contributed by atoms with Crippen LogP contribution in [0.4, 0.5) is 0 Å². The van der Waals surface area contributed by atoms with Gasteiger partial charge in [0.1, 0.15) is 6.29 Å². The van der Waals surface area contributed by atoms with E-state index < -0.39 is 27.0 Å². The van der Waals surface area contributed by atoms with Crippen LogP contribution >= 0.6 is 0 Å². The first-order chi connectivity index (χ1) is 15.4. The number of hydrogen-bond donors (Lipinski definition) is 0. The van der Waals surface area contributed by atoms with Crippen LogP contribution in [-0.4, -0.2) is 26.8 Å². The van der Waals surface area contributed by atoms with E-state index in [0.717, 1.165) is 51.2 Å². The van der Waals surface area contributed by atoms with Gasteiger partial charge in [-0.1, -0.05) is 76.4 Å². The molecule has 0 saturated heterocycles. The average Bonchev–Trinajstić information content (AvgIpc) is 2.74. The lowest BCUT2D eigenvalue weighted by Gasteiger charge is -2.08. The molecule has 0 aliphatic rings. The highest BCUT2D eigenvalue weighted by Crippen LogP contribution is 2.21. The minimum atomic E-state index is -3.32. The van der Waals surface area contributed by atoms with Gasteiger partial charge in [0, 0.05) is 6.42 Å². The molecule has 184 valence electrons. The standard InChI is InChI=1S/C22H39N3O7/c26-21-19-17-15-13-11-9-7-5-3-1-2-4-6-8-10-12-14-16-18-20-22(23(27)28,24(29)30)25(31)32/h4,6,21H,1-3,5,7-20H2/b6-4-. The van der Waals surface area contributed by atoms with Crippen molar-refractivity contribution in [2.75, 3.05) is 0 Å². The molecule has 32 heavy (non-hydrogen) atoms. The number of carbonyl (C=O) groups excluding carboxylic acids is 1. The fourth-order valence-electron chi connectivity index (χ4n) is 3.59. The third-order valence-corrected chi connectivity index (χ3v) is 5.62. The molecule has 0 aliphatic heterocycles. The van der Waals surface area contributed by atoms with Crippen molar-refractivity contribution in [2.24, 2.45) is 0 Å². The zero-order chi connectivity index (χ0) is 24.1. The van der Waals surface area contributed by atoms with Gasteiger partial charge in [-0.25, -0.2) is 0 Å². The summed E-state index contributed by atoms with van der Waals surface area (Å²) < 4.78 is 0. The largest absolute Gasteiger partial charge is 0.699 e. The van der Waals surface area contributed by atoms with Crippen molar-refractivity contribution in [3.8, 4) is 0 Å². The summed E-state index contributed by atoms with van der Waals surface area (Å²) in [5, 5.41) is 32.5. The summed E-state index contributed by atoms with van der Waals surface area (Å²) in [6.07, 6.45) is 21.5. The second kappa shape index (κ2) is 19.3. The zero-order valence-corrected chi connectivity index (χ0v) is 19.2. The molecule has 10 heteroatoms. The molecule has 0 bridgehead atoms. The van der Waals surface area contributed by atoms with Crippen LogP contribution in [0.5, 0.6) is 0 Å². The van der Waals surface area contributed by atoms with Gasteiger partial charge in [0.2, 0.25) is 0 Å². The maximum atomic E-state index is 10.8. The first kappa shape index (κ1) is 29.6. The third kappa shape index (κ3) is 13.1. The monoisotopic (exact) mass is 457 g/mol. The SMILES string of the molecule is O=CCCCCCCCCCCC/C=C\CCCCCCCC([N+](=O)[O-])([N+](=O)[O-])[N+](=O)[O-]. The van der Waals surface area contributed by atoms with E-state index in [0.29, 0.717) is 12.8 Å². The number of allylic oxidation sites excluding steroid dienone is 2. The number of aldehydes is 1. The quantitative estimate of drug-likeness (QED) is 0.0440. The molecule has 0 aliphatic carbocycles. The van der Waals surface area contributed by atoms with Crippen LogP contribution in [0.2, 0.25) is 0 Å². The Hall–Kier alpha value is -2.39. The van der Waals surface area contributed by atoms with E-state index in [4.69, 9.17) is 0 Å². The minimum Gasteiger partial charge on any atom is -0.303 e. The van der Waals surface area contributed by atoms with Crippen molar-refractivity contribution < 1.29 is 19.6 Å². The molecule has 0 unspecified atom stereocenters. The van der Waals surface area contributed by atoms with Crippen molar-refractivity contribution >= 4 is 6.29 Å². The second-order valence-electron chi connectivity index (χ2n) is 8.25. The number of nitrogens with zero attached hydrogens (tertiary/aromatic N) is 3. The van der Waals surface area contributed by atoms with Crippen LogP contribution in [0.25, 0.3) is 0 Å². The van der Waals surface area contributed by atoms with E-state index in [1.807, 2.05) is 0 Å². The summed E-state index contributed by atoms with van der Waals surface area (Å²) in [5.74, 6) is -3.32. The lowest BCUT2D eigenvalue weighted by molar-refractivity contribution is -0.970. The number of nitro groups is 3. The lowest BCUT2D eigenvalue weighted by Crippen LogP contribution is -2.53. The summed E-state index contributed by atoms with van der Waals surface area (Å²) in [7, 11) is 0. The summed E-state index contributed by atoms with van der Waals surface area (Å²) in [6.45, 7) is 0. The fourth-order valence-corrected chi connectivity index (χ4v) is 3.59. The Morgan fingerprint density at radius 2 is 0.812 bits per heavy atom. The van der Waals surface area contributed by atoms with Crippen molar-refractivity contribution in [2.45, 2.75) is 121 Å². The Morgan fingerprint density at radius 1 is 0.500 bits per heavy atom. The summed E-state index contributed by atoms with van der Waals surface area (Å²) in [6, 6.07) is 0. The van der Waals surface area contributed by atoms with Crippen molar-refractivity contribution in [3.05, 3.63) is 42.5 Å². The molecule has 0 fully saturated rings. The van der Waals surface area contributed by atoms with Gasteiger partial charge >= 0.3 is 5.79 Å². The molecule has 0 spiro atoms. The third-order valence-electron chi connectivity index (χ3n) is 5.62. The lowest BCUT2D eigenvalue weighted by atomic mass is 10.1.